The van der Waals surface area contributed by atoms with E-state index in [0.717, 1.165) is 30.8 Å². The molecule has 3 heterocycles. The zero-order chi connectivity index (χ0) is 17.1. The van der Waals surface area contributed by atoms with Gasteiger partial charge in [-0.1, -0.05) is 5.21 Å². The second kappa shape index (κ2) is 7.58. The first-order valence-electron chi connectivity index (χ1n) is 8.57. The van der Waals surface area contributed by atoms with Gasteiger partial charge in [0.1, 0.15) is 11.8 Å². The average Bonchev–Trinajstić information content (AvgIpc) is 3.21. The van der Waals surface area contributed by atoms with Gasteiger partial charge in [-0.15, -0.1) is 5.10 Å². The van der Waals surface area contributed by atoms with Crippen molar-refractivity contribution >= 4 is 5.91 Å². The molecule has 134 valence electrons. The maximum Gasteiger partial charge on any atom is 0.252 e. The lowest BCUT2D eigenvalue weighted by molar-refractivity contribution is -0.142. The maximum absolute atomic E-state index is 12.7. The van der Waals surface area contributed by atoms with Gasteiger partial charge in [0.05, 0.1) is 25.5 Å². The zero-order valence-electron chi connectivity index (χ0n) is 14.8. The van der Waals surface area contributed by atoms with E-state index in [1.807, 2.05) is 30.7 Å². The molecule has 2 aliphatic heterocycles. The van der Waals surface area contributed by atoms with Gasteiger partial charge in [-0.2, -0.15) is 0 Å². The quantitative estimate of drug-likeness (QED) is 0.680. The third-order valence-corrected chi connectivity index (χ3v) is 4.63. The molecule has 0 radical (unpaired) electrons. The summed E-state index contributed by atoms with van der Waals surface area (Å²) in [7, 11) is 5.94. The van der Waals surface area contributed by atoms with Crippen LogP contribution in [0.25, 0.3) is 0 Å². The van der Waals surface area contributed by atoms with Crippen LogP contribution >= 0.6 is 0 Å². The molecule has 1 aromatic rings. The molecule has 24 heavy (non-hydrogen) atoms. The third kappa shape index (κ3) is 3.76. The molecule has 0 aliphatic carbocycles. The van der Waals surface area contributed by atoms with Gasteiger partial charge in [-0.25, -0.2) is 0 Å². The van der Waals surface area contributed by atoms with Crippen molar-refractivity contribution in [2.75, 3.05) is 47.0 Å². The van der Waals surface area contributed by atoms with Crippen molar-refractivity contribution in [1.82, 2.24) is 24.8 Å². The molecule has 0 bridgehead atoms. The summed E-state index contributed by atoms with van der Waals surface area (Å²) >= 11 is 0. The van der Waals surface area contributed by atoms with E-state index < -0.39 is 0 Å². The van der Waals surface area contributed by atoms with Gasteiger partial charge in [-0.3, -0.25) is 9.48 Å². The number of ether oxygens (including phenoxy) is 2. The Kier molecular flexibility index (Phi) is 5.47. The molecule has 2 atom stereocenters. The summed E-state index contributed by atoms with van der Waals surface area (Å²) < 4.78 is 13.2. The van der Waals surface area contributed by atoms with Crippen molar-refractivity contribution in [1.29, 1.82) is 0 Å². The number of hydrogen-bond acceptors (Lipinski definition) is 6. The summed E-state index contributed by atoms with van der Waals surface area (Å²) in [5.74, 6) is 0.170. The Morgan fingerprint density at radius 2 is 2.29 bits per heavy atom. The van der Waals surface area contributed by atoms with Gasteiger partial charge < -0.3 is 19.3 Å². The van der Waals surface area contributed by atoms with Gasteiger partial charge >= 0.3 is 0 Å². The van der Waals surface area contributed by atoms with Crippen LogP contribution in [0.1, 0.15) is 30.1 Å². The van der Waals surface area contributed by atoms with Crippen molar-refractivity contribution in [2.45, 2.75) is 31.4 Å². The van der Waals surface area contributed by atoms with E-state index in [-0.39, 0.29) is 17.9 Å². The fraction of sp³-hybridized carbons (Fsp3) is 0.812. The van der Waals surface area contributed by atoms with Gasteiger partial charge in [0.15, 0.2) is 0 Å². The maximum atomic E-state index is 12.7. The molecule has 0 spiro atoms. The van der Waals surface area contributed by atoms with Crippen LogP contribution in [0.4, 0.5) is 0 Å². The van der Waals surface area contributed by atoms with E-state index >= 15 is 0 Å². The van der Waals surface area contributed by atoms with Gasteiger partial charge in [0.2, 0.25) is 0 Å². The Morgan fingerprint density at radius 3 is 3.00 bits per heavy atom. The second-order valence-electron chi connectivity index (χ2n) is 6.84. The minimum absolute atomic E-state index is 0.0714. The minimum atomic E-state index is -0.293. The molecule has 0 N–H and O–H groups in total. The van der Waals surface area contributed by atoms with Crippen LogP contribution in [0.5, 0.6) is 0 Å². The molecule has 0 saturated carbocycles. The van der Waals surface area contributed by atoms with E-state index in [1.165, 1.54) is 0 Å². The van der Waals surface area contributed by atoms with Crippen LogP contribution in [-0.4, -0.2) is 83.8 Å². The molecule has 1 fully saturated rings. The molecule has 0 aromatic carbocycles. The van der Waals surface area contributed by atoms with Crippen LogP contribution in [-0.2, 0) is 27.9 Å². The van der Waals surface area contributed by atoms with E-state index in [9.17, 15) is 4.79 Å². The van der Waals surface area contributed by atoms with Gasteiger partial charge in [-0.05, 0) is 26.9 Å². The van der Waals surface area contributed by atoms with Crippen LogP contribution in [0.3, 0.4) is 0 Å². The lowest BCUT2D eigenvalue weighted by Crippen LogP contribution is -2.44. The van der Waals surface area contributed by atoms with E-state index in [1.54, 1.807) is 0 Å². The normalized spacial score (nSPS) is 23.8. The molecule has 1 amide bonds. The van der Waals surface area contributed by atoms with Crippen LogP contribution < -0.4 is 0 Å². The molecule has 0 unspecified atom stereocenters. The predicted octanol–water partition coefficient (Wildman–Crippen LogP) is -0.00190. The predicted molar refractivity (Wildman–Crippen MR) is 87.5 cm³/mol. The van der Waals surface area contributed by atoms with E-state index in [4.69, 9.17) is 9.47 Å². The third-order valence-electron chi connectivity index (χ3n) is 4.63. The van der Waals surface area contributed by atoms with Crippen molar-refractivity contribution in [3.63, 3.8) is 0 Å². The van der Waals surface area contributed by atoms with Crippen molar-refractivity contribution in [3.05, 3.63) is 11.4 Å². The molecular formula is C16H27N5O3. The molecular weight excluding hydrogens is 310 g/mol. The van der Waals surface area contributed by atoms with Crippen LogP contribution in [0.15, 0.2) is 0 Å². The van der Waals surface area contributed by atoms with E-state index in [2.05, 4.69) is 15.2 Å². The van der Waals surface area contributed by atoms with Gasteiger partial charge in [0.25, 0.3) is 5.91 Å². The van der Waals surface area contributed by atoms with Gasteiger partial charge in [0, 0.05) is 32.7 Å². The number of amides is 1. The monoisotopic (exact) mass is 337 g/mol. The Morgan fingerprint density at radius 1 is 1.46 bits per heavy atom. The number of aryl methyl sites for hydroxylation is 1. The Labute approximate surface area is 142 Å². The Balaban J connectivity index is 1.67. The lowest BCUT2D eigenvalue weighted by atomic mass is 9.98. The molecule has 1 saturated heterocycles. The first-order chi connectivity index (χ1) is 11.6. The number of aromatic nitrogens is 3. The number of carbonyl (C=O) groups is 1. The summed E-state index contributed by atoms with van der Waals surface area (Å²) in [4.78, 5) is 16.6. The number of fused-ring (bicyclic) bond motifs is 1. The van der Waals surface area contributed by atoms with Crippen molar-refractivity contribution in [3.8, 4) is 0 Å². The number of nitrogens with zero attached hydrogens (tertiary/aromatic N) is 5. The standard InChI is InChI=1S/C16H27N5O3/c1-19(2)6-8-23-11-12-9-21(16(22)14-5-4-7-24-14)10-13-15(12)20(3)18-17-13/h12,14H,4-11H2,1-3H3/t12-,14+/m0/s1. The van der Waals surface area contributed by atoms with E-state index in [0.29, 0.717) is 32.9 Å². The lowest BCUT2D eigenvalue weighted by Gasteiger charge is -2.33. The zero-order valence-corrected chi connectivity index (χ0v) is 14.8. The number of carbonyl (C=O) groups excluding carboxylic acids is 1. The largest absolute Gasteiger partial charge is 0.379 e. The minimum Gasteiger partial charge on any atom is -0.379 e. The topological polar surface area (TPSA) is 72.7 Å². The first kappa shape index (κ1) is 17.3. The highest BCUT2D eigenvalue weighted by Gasteiger charge is 2.36. The summed E-state index contributed by atoms with van der Waals surface area (Å²) in [5, 5.41) is 8.37. The van der Waals surface area contributed by atoms with Crippen LogP contribution in [0, 0.1) is 0 Å². The molecule has 8 heteroatoms. The van der Waals surface area contributed by atoms with Crippen molar-refractivity contribution in [2.24, 2.45) is 7.05 Å². The molecule has 8 nitrogen and oxygen atoms in total. The molecule has 1 aromatic heterocycles. The number of likely N-dealkylation sites (N-methyl/N-ethyl adjacent to an activating group) is 1. The summed E-state index contributed by atoms with van der Waals surface area (Å²) in [6, 6.07) is 0. The van der Waals surface area contributed by atoms with Crippen LogP contribution in [0.2, 0.25) is 0 Å². The smallest absolute Gasteiger partial charge is 0.252 e. The highest BCUT2D eigenvalue weighted by molar-refractivity contribution is 5.81. The number of hydrogen-bond donors (Lipinski definition) is 0. The van der Waals surface area contributed by atoms with Crippen molar-refractivity contribution < 1.29 is 14.3 Å². The highest BCUT2D eigenvalue weighted by Crippen LogP contribution is 2.28. The fourth-order valence-electron chi connectivity index (χ4n) is 3.37. The Bertz CT molecular complexity index is 568. The SMILES string of the molecule is CN(C)CCOC[C@@H]1CN(C(=O)[C@H]2CCCO2)Cc2nnn(C)c21. The highest BCUT2D eigenvalue weighted by atomic mass is 16.5. The summed E-state index contributed by atoms with van der Waals surface area (Å²) in [6.07, 6.45) is 1.48. The fourth-order valence-corrected chi connectivity index (χ4v) is 3.37. The number of rotatable bonds is 6. The first-order valence-corrected chi connectivity index (χ1v) is 8.57. The summed E-state index contributed by atoms with van der Waals surface area (Å²) in [5.41, 5.74) is 1.95. The molecule has 3 rings (SSSR count). The second-order valence-corrected chi connectivity index (χ2v) is 6.84. The molecule has 2 aliphatic rings. The average molecular weight is 337 g/mol. The summed E-state index contributed by atoms with van der Waals surface area (Å²) in [6.45, 7) is 3.94. The Hall–Kier alpha value is -1.51.